The lowest BCUT2D eigenvalue weighted by molar-refractivity contribution is -0.186. The molecule has 30 heavy (non-hydrogen) atoms. The van der Waals surface area contributed by atoms with E-state index in [0.717, 1.165) is 12.8 Å². The molecule has 4 aliphatic rings. The minimum Gasteiger partial charge on any atom is -0.458 e. The van der Waals surface area contributed by atoms with Crippen molar-refractivity contribution < 1.29 is 29.3 Å². The van der Waals surface area contributed by atoms with E-state index in [1.165, 1.54) is 12.5 Å². The Bertz CT molecular complexity index is 817. The SMILES string of the molecule is CC(=O)OCC(=O)[C@@]1(O)CC[C@H]2[C@@H]3C[C@H](C)C4=CC(=O)CC[C@]4(C)[C@H]3[C@@H](O)C[C@@]21C. The molecular weight excluding hydrogens is 384 g/mol. The summed E-state index contributed by atoms with van der Waals surface area (Å²) in [4.78, 5) is 36.2. The third kappa shape index (κ3) is 2.86. The lowest BCUT2D eigenvalue weighted by Gasteiger charge is -2.61. The second-order valence-electron chi connectivity index (χ2n) is 10.7. The molecule has 0 saturated heterocycles. The molecule has 6 nitrogen and oxygen atoms in total. The molecule has 0 aromatic carbocycles. The van der Waals surface area contributed by atoms with Gasteiger partial charge in [0.2, 0.25) is 5.78 Å². The van der Waals surface area contributed by atoms with Crippen molar-refractivity contribution in [2.45, 2.75) is 77.9 Å². The number of hydrogen-bond donors (Lipinski definition) is 2. The van der Waals surface area contributed by atoms with Gasteiger partial charge in [-0.05, 0) is 67.3 Å². The fraction of sp³-hybridized carbons (Fsp3) is 0.792. The van der Waals surface area contributed by atoms with Gasteiger partial charge in [-0.1, -0.05) is 26.3 Å². The van der Waals surface area contributed by atoms with Crippen LogP contribution in [-0.2, 0) is 19.1 Å². The van der Waals surface area contributed by atoms with Crippen LogP contribution in [-0.4, -0.2) is 46.1 Å². The van der Waals surface area contributed by atoms with Crippen LogP contribution in [0.1, 0.15) is 66.2 Å². The van der Waals surface area contributed by atoms with Gasteiger partial charge in [-0.2, -0.15) is 0 Å². The van der Waals surface area contributed by atoms with E-state index >= 15 is 0 Å². The molecule has 0 aliphatic heterocycles. The normalized spacial score (nSPS) is 47.6. The first-order chi connectivity index (χ1) is 13.9. The lowest BCUT2D eigenvalue weighted by Crippen LogP contribution is -2.62. The van der Waals surface area contributed by atoms with E-state index in [-0.39, 0.29) is 34.9 Å². The Kier molecular flexibility index (Phi) is 5.06. The Labute approximate surface area is 178 Å². The average Bonchev–Trinajstić information content (AvgIpc) is 2.93. The summed E-state index contributed by atoms with van der Waals surface area (Å²) in [5.41, 5.74) is -1.41. The largest absolute Gasteiger partial charge is 0.458 e. The molecule has 4 rings (SSSR count). The quantitative estimate of drug-likeness (QED) is 0.683. The van der Waals surface area contributed by atoms with Gasteiger partial charge >= 0.3 is 5.97 Å². The second-order valence-corrected chi connectivity index (χ2v) is 10.7. The second kappa shape index (κ2) is 6.99. The first-order valence-corrected chi connectivity index (χ1v) is 11.3. The molecule has 3 saturated carbocycles. The smallest absolute Gasteiger partial charge is 0.303 e. The van der Waals surface area contributed by atoms with Crippen LogP contribution in [0, 0.1) is 34.5 Å². The van der Waals surface area contributed by atoms with E-state index in [1.54, 1.807) is 0 Å². The summed E-state index contributed by atoms with van der Waals surface area (Å²) < 4.78 is 4.90. The number of fused-ring (bicyclic) bond motifs is 5. The topological polar surface area (TPSA) is 101 Å². The van der Waals surface area contributed by atoms with Gasteiger partial charge in [0, 0.05) is 18.8 Å². The van der Waals surface area contributed by atoms with E-state index in [2.05, 4.69) is 13.8 Å². The molecule has 166 valence electrons. The maximum absolute atomic E-state index is 12.9. The summed E-state index contributed by atoms with van der Waals surface area (Å²) in [5, 5.41) is 22.9. The van der Waals surface area contributed by atoms with Crippen molar-refractivity contribution in [3.8, 4) is 0 Å². The van der Waals surface area contributed by atoms with E-state index in [4.69, 9.17) is 4.74 Å². The van der Waals surface area contributed by atoms with Crippen molar-refractivity contribution in [2.75, 3.05) is 6.61 Å². The lowest BCUT2D eigenvalue weighted by atomic mass is 9.44. The monoisotopic (exact) mass is 418 g/mol. The number of aliphatic hydroxyl groups is 2. The summed E-state index contributed by atoms with van der Waals surface area (Å²) in [6.45, 7) is 7.09. The standard InChI is InChI=1S/C24H34O6/c1-13-9-16-17-6-8-24(29,20(28)12-30-14(2)25)23(17,4)11-19(27)21(16)22(3)7-5-15(26)10-18(13)22/h10,13,16-17,19,21,27,29H,5-9,11-12H2,1-4H3/t13-,16-,17-,19-,21+,22-,23-,24-/m0/s1. The highest BCUT2D eigenvalue weighted by Gasteiger charge is 2.68. The van der Waals surface area contributed by atoms with Crippen LogP contribution < -0.4 is 0 Å². The molecule has 0 aromatic heterocycles. The minimum atomic E-state index is -1.60. The van der Waals surface area contributed by atoms with Crippen molar-refractivity contribution >= 4 is 17.5 Å². The number of allylic oxidation sites excluding steroid dienone is 1. The number of rotatable bonds is 3. The van der Waals surface area contributed by atoms with Crippen molar-refractivity contribution in [1.29, 1.82) is 0 Å². The molecular formula is C24H34O6. The Balaban J connectivity index is 1.69. The summed E-state index contributed by atoms with van der Waals surface area (Å²) in [6.07, 6.45) is 4.66. The van der Waals surface area contributed by atoms with Crippen LogP contribution in [0.15, 0.2) is 11.6 Å². The molecule has 6 heteroatoms. The van der Waals surface area contributed by atoms with Crippen LogP contribution in [0.3, 0.4) is 0 Å². The predicted octanol–water partition coefficient (Wildman–Crippen LogP) is 2.60. The first kappa shape index (κ1) is 21.7. The molecule has 2 N–H and O–H groups in total. The highest BCUT2D eigenvalue weighted by atomic mass is 16.5. The summed E-state index contributed by atoms with van der Waals surface area (Å²) in [6, 6.07) is 0. The highest BCUT2D eigenvalue weighted by Crippen LogP contribution is 2.68. The van der Waals surface area contributed by atoms with Crippen LogP contribution in [0.5, 0.6) is 0 Å². The fourth-order valence-corrected chi connectivity index (χ4v) is 7.87. The van der Waals surface area contributed by atoms with E-state index in [9.17, 15) is 24.6 Å². The van der Waals surface area contributed by atoms with Gasteiger partial charge in [0.05, 0.1) is 6.10 Å². The number of Topliss-reactive ketones (excluding diaryl/α,β-unsaturated/α-hetero) is 1. The van der Waals surface area contributed by atoms with E-state index in [0.29, 0.717) is 25.7 Å². The summed E-state index contributed by atoms with van der Waals surface area (Å²) in [7, 11) is 0. The average molecular weight is 419 g/mol. The molecule has 0 amide bonds. The Morgan fingerprint density at radius 2 is 1.97 bits per heavy atom. The van der Waals surface area contributed by atoms with E-state index in [1.807, 2.05) is 13.0 Å². The van der Waals surface area contributed by atoms with Gasteiger partial charge in [0.25, 0.3) is 0 Å². The number of ether oxygens (including phenoxy) is 1. The first-order valence-electron chi connectivity index (χ1n) is 11.3. The molecule has 0 radical (unpaired) electrons. The van der Waals surface area contributed by atoms with Gasteiger partial charge in [0.15, 0.2) is 12.4 Å². The molecule has 3 fully saturated rings. The van der Waals surface area contributed by atoms with Crippen LogP contribution in [0.25, 0.3) is 0 Å². The van der Waals surface area contributed by atoms with Gasteiger partial charge in [0.1, 0.15) is 5.60 Å². The number of carbonyl (C=O) groups excluding carboxylic acids is 3. The maximum Gasteiger partial charge on any atom is 0.303 e. The molecule has 0 spiro atoms. The molecule has 8 atom stereocenters. The zero-order chi connectivity index (χ0) is 22.1. The zero-order valence-corrected chi connectivity index (χ0v) is 18.4. The number of ketones is 2. The van der Waals surface area contributed by atoms with Crippen LogP contribution in [0.2, 0.25) is 0 Å². The molecule has 0 aromatic rings. The Hall–Kier alpha value is -1.53. The van der Waals surface area contributed by atoms with Crippen molar-refractivity contribution in [3.63, 3.8) is 0 Å². The third-order valence-corrected chi connectivity index (χ3v) is 9.23. The Morgan fingerprint density at radius 1 is 1.27 bits per heavy atom. The Morgan fingerprint density at radius 3 is 2.63 bits per heavy atom. The third-order valence-electron chi connectivity index (χ3n) is 9.23. The van der Waals surface area contributed by atoms with Crippen molar-refractivity contribution in [2.24, 2.45) is 34.5 Å². The van der Waals surface area contributed by atoms with Gasteiger partial charge in [-0.15, -0.1) is 0 Å². The maximum atomic E-state index is 12.9. The van der Waals surface area contributed by atoms with Crippen molar-refractivity contribution in [3.05, 3.63) is 11.6 Å². The number of hydrogen-bond acceptors (Lipinski definition) is 6. The van der Waals surface area contributed by atoms with Gasteiger partial charge in [-0.3, -0.25) is 14.4 Å². The molecule has 0 unspecified atom stereocenters. The van der Waals surface area contributed by atoms with Crippen LogP contribution in [0.4, 0.5) is 0 Å². The van der Waals surface area contributed by atoms with E-state index < -0.39 is 35.5 Å². The molecule has 0 bridgehead atoms. The minimum absolute atomic E-state index is 0.0250. The van der Waals surface area contributed by atoms with Gasteiger partial charge in [-0.25, -0.2) is 0 Å². The summed E-state index contributed by atoms with van der Waals surface area (Å²) >= 11 is 0. The molecule has 0 heterocycles. The fourth-order valence-electron chi connectivity index (χ4n) is 7.87. The van der Waals surface area contributed by atoms with Gasteiger partial charge < -0.3 is 14.9 Å². The number of carbonyl (C=O) groups is 3. The summed E-state index contributed by atoms with van der Waals surface area (Å²) in [5.74, 6) is -0.287. The number of esters is 1. The van der Waals surface area contributed by atoms with Crippen molar-refractivity contribution in [1.82, 2.24) is 0 Å². The number of aliphatic hydroxyl groups excluding tert-OH is 1. The van der Waals surface area contributed by atoms with Crippen LogP contribution >= 0.6 is 0 Å². The zero-order valence-electron chi connectivity index (χ0n) is 18.4. The predicted molar refractivity (Wildman–Crippen MR) is 109 cm³/mol. The highest BCUT2D eigenvalue weighted by molar-refractivity contribution is 5.92. The molecule has 4 aliphatic carbocycles.